The van der Waals surface area contributed by atoms with Crippen molar-refractivity contribution in [3.63, 3.8) is 0 Å². The van der Waals surface area contributed by atoms with Crippen LogP contribution in [-0.2, 0) is 65.4 Å². The van der Waals surface area contributed by atoms with Gasteiger partial charge in [-0.3, -0.25) is 37.3 Å². The summed E-state index contributed by atoms with van der Waals surface area (Å²) in [7, 11) is -9.92. The van der Waals surface area contributed by atoms with Crippen molar-refractivity contribution in [3.8, 4) is 0 Å². The maximum absolute atomic E-state index is 13.1. The Morgan fingerprint density at radius 2 is 0.475 bits per heavy atom. The van der Waals surface area contributed by atoms with Crippen LogP contribution < -0.4 is 0 Å². The molecule has 0 aromatic heterocycles. The summed E-state index contributed by atoms with van der Waals surface area (Å²) in [5.74, 6) is 1.00. The van der Waals surface area contributed by atoms with E-state index in [1.807, 2.05) is 0 Å². The third-order valence-electron chi connectivity index (χ3n) is 19.4. The highest BCUT2D eigenvalue weighted by atomic mass is 31.2. The lowest BCUT2D eigenvalue weighted by molar-refractivity contribution is -0.161. The molecule has 6 atom stereocenters. The highest BCUT2D eigenvalue weighted by Gasteiger charge is 2.30. The number of aliphatic hydroxyl groups excluding tert-OH is 1. The van der Waals surface area contributed by atoms with Gasteiger partial charge >= 0.3 is 39.5 Å². The Labute approximate surface area is 619 Å². The summed E-state index contributed by atoms with van der Waals surface area (Å²) < 4.78 is 68.8. The largest absolute Gasteiger partial charge is 0.472 e. The van der Waals surface area contributed by atoms with E-state index in [1.165, 1.54) is 218 Å². The van der Waals surface area contributed by atoms with Gasteiger partial charge in [-0.25, -0.2) is 9.13 Å². The van der Waals surface area contributed by atoms with Gasteiger partial charge in [0, 0.05) is 25.7 Å². The molecule has 0 heterocycles. The van der Waals surface area contributed by atoms with Gasteiger partial charge < -0.3 is 33.8 Å². The molecule has 0 aromatic carbocycles. The molecule has 0 aliphatic rings. The molecular formula is C82H160O17P2. The van der Waals surface area contributed by atoms with Crippen LogP contribution in [0.25, 0.3) is 0 Å². The Hall–Kier alpha value is -1.94. The normalized spacial score (nSPS) is 14.3. The zero-order chi connectivity index (χ0) is 74.6. The zero-order valence-electron chi connectivity index (χ0n) is 66.5. The molecule has 19 heteroatoms. The minimum atomic E-state index is -4.96. The standard InChI is InChI=1S/C82H160O17P2/c1-9-75(8)61-53-45-40-41-47-55-63-80(85)93-69-78(99-82(87)64-56-48-38-32-26-19-13-11-10-12-16-22-28-34-42-50-58-72(2)3)71-97-101(90,91)95-67-76(83)66-94-100(88,89)96-70-77(98-81(86)65-57-49-39-33-27-21-20-24-30-36-44-52-60-74(6)7)68-92-79(84)62-54-46-37-31-25-18-15-14-17-23-29-35-43-51-59-73(4)5/h72-78,83H,9-71H2,1-8H3,(H,88,89)(H,90,91)/t75?,76-,77-,78-/m1/s1. The summed E-state index contributed by atoms with van der Waals surface area (Å²) in [4.78, 5) is 73.1. The molecule has 0 aliphatic heterocycles. The Morgan fingerprint density at radius 3 is 0.703 bits per heavy atom. The fraction of sp³-hybridized carbons (Fsp3) is 0.951. The molecule has 0 saturated heterocycles. The van der Waals surface area contributed by atoms with E-state index in [4.69, 9.17) is 37.0 Å². The molecule has 0 radical (unpaired) electrons. The first-order chi connectivity index (χ1) is 48.6. The molecule has 0 amide bonds. The predicted molar refractivity (Wildman–Crippen MR) is 414 cm³/mol. The predicted octanol–water partition coefficient (Wildman–Crippen LogP) is 24.4. The van der Waals surface area contributed by atoms with Crippen molar-refractivity contribution in [2.24, 2.45) is 23.7 Å². The lowest BCUT2D eigenvalue weighted by Gasteiger charge is -2.21. The molecule has 0 aliphatic carbocycles. The fourth-order valence-electron chi connectivity index (χ4n) is 12.6. The minimum Gasteiger partial charge on any atom is -0.462 e. The smallest absolute Gasteiger partial charge is 0.462 e. The topological polar surface area (TPSA) is 237 Å². The molecule has 600 valence electrons. The van der Waals surface area contributed by atoms with Gasteiger partial charge in [0.25, 0.3) is 0 Å². The van der Waals surface area contributed by atoms with Crippen LogP contribution in [0.3, 0.4) is 0 Å². The van der Waals surface area contributed by atoms with E-state index >= 15 is 0 Å². The average molecular weight is 1480 g/mol. The number of phosphoric acid groups is 2. The average Bonchev–Trinajstić information content (AvgIpc) is 1.01. The molecule has 0 fully saturated rings. The summed E-state index contributed by atoms with van der Waals surface area (Å²) in [6.07, 6.45) is 58.3. The first-order valence-electron chi connectivity index (χ1n) is 42.2. The maximum atomic E-state index is 13.1. The summed E-state index contributed by atoms with van der Waals surface area (Å²) in [6, 6.07) is 0. The fourth-order valence-corrected chi connectivity index (χ4v) is 14.2. The van der Waals surface area contributed by atoms with E-state index < -0.39 is 97.5 Å². The van der Waals surface area contributed by atoms with Crippen molar-refractivity contribution in [1.29, 1.82) is 0 Å². The van der Waals surface area contributed by atoms with E-state index in [1.54, 1.807) is 0 Å². The Balaban J connectivity index is 5.23. The van der Waals surface area contributed by atoms with Gasteiger partial charge in [0.2, 0.25) is 0 Å². The monoisotopic (exact) mass is 1480 g/mol. The van der Waals surface area contributed by atoms with Crippen molar-refractivity contribution in [1.82, 2.24) is 0 Å². The molecule has 0 saturated carbocycles. The van der Waals surface area contributed by atoms with Gasteiger partial charge in [0.05, 0.1) is 26.4 Å². The van der Waals surface area contributed by atoms with Gasteiger partial charge in [-0.2, -0.15) is 0 Å². The van der Waals surface area contributed by atoms with Gasteiger partial charge in [-0.15, -0.1) is 0 Å². The lowest BCUT2D eigenvalue weighted by atomic mass is 10.00. The van der Waals surface area contributed by atoms with Crippen molar-refractivity contribution in [3.05, 3.63) is 0 Å². The number of carbonyl (C=O) groups excluding carboxylic acids is 4. The number of hydrogen-bond acceptors (Lipinski definition) is 15. The number of hydrogen-bond donors (Lipinski definition) is 3. The van der Waals surface area contributed by atoms with Crippen molar-refractivity contribution >= 4 is 39.5 Å². The zero-order valence-corrected chi connectivity index (χ0v) is 68.3. The molecule has 0 rings (SSSR count). The minimum absolute atomic E-state index is 0.107. The van der Waals surface area contributed by atoms with Crippen molar-refractivity contribution in [2.75, 3.05) is 39.6 Å². The van der Waals surface area contributed by atoms with Gasteiger partial charge in [0.15, 0.2) is 12.2 Å². The molecule has 101 heavy (non-hydrogen) atoms. The number of aliphatic hydroxyl groups is 1. The third-order valence-corrected chi connectivity index (χ3v) is 21.3. The van der Waals surface area contributed by atoms with Gasteiger partial charge in [-0.1, -0.05) is 370 Å². The van der Waals surface area contributed by atoms with Crippen LogP contribution >= 0.6 is 15.6 Å². The molecule has 0 aromatic rings. The molecule has 17 nitrogen and oxygen atoms in total. The van der Waals surface area contributed by atoms with Crippen LogP contribution in [0, 0.1) is 23.7 Å². The van der Waals surface area contributed by atoms with Crippen molar-refractivity contribution < 1.29 is 80.2 Å². The summed E-state index contributed by atoms with van der Waals surface area (Å²) in [5, 5.41) is 10.6. The SMILES string of the molecule is CCC(C)CCCCCCCCC(=O)OC[C@H](COP(=O)(O)OC[C@H](O)COP(=O)(O)OC[C@@H](COC(=O)CCCCCCCCCCCCCCCCC(C)C)OC(=O)CCCCCCCCCCCCCCC(C)C)OC(=O)CCCCCCCCCCCCCCCCCCC(C)C. The highest BCUT2D eigenvalue weighted by molar-refractivity contribution is 7.47. The summed E-state index contributed by atoms with van der Waals surface area (Å²) in [5.41, 5.74) is 0. The van der Waals surface area contributed by atoms with Crippen molar-refractivity contribution in [2.45, 2.75) is 440 Å². The van der Waals surface area contributed by atoms with E-state index in [9.17, 15) is 43.2 Å². The molecular weight excluding hydrogens is 1320 g/mol. The quantitative estimate of drug-likeness (QED) is 0.0222. The van der Waals surface area contributed by atoms with Crippen LogP contribution in [0.5, 0.6) is 0 Å². The number of ether oxygens (including phenoxy) is 4. The second-order valence-electron chi connectivity index (χ2n) is 31.2. The van der Waals surface area contributed by atoms with E-state index in [2.05, 4.69) is 55.4 Å². The van der Waals surface area contributed by atoms with Crippen LogP contribution in [0.4, 0.5) is 0 Å². The Morgan fingerprint density at radius 1 is 0.277 bits per heavy atom. The van der Waals surface area contributed by atoms with Gasteiger partial charge in [-0.05, 0) is 49.4 Å². The van der Waals surface area contributed by atoms with Gasteiger partial charge in [0.1, 0.15) is 19.3 Å². The summed E-state index contributed by atoms with van der Waals surface area (Å²) in [6.45, 7) is 14.3. The van der Waals surface area contributed by atoms with E-state index in [0.717, 1.165) is 120 Å². The second kappa shape index (κ2) is 71.0. The highest BCUT2D eigenvalue weighted by Crippen LogP contribution is 2.45. The van der Waals surface area contributed by atoms with E-state index in [0.29, 0.717) is 25.7 Å². The molecule has 3 unspecified atom stereocenters. The number of rotatable bonds is 79. The molecule has 0 spiro atoms. The Kier molecular flexibility index (Phi) is 69.6. The number of esters is 4. The third kappa shape index (κ3) is 74.7. The molecule has 3 N–H and O–H groups in total. The first-order valence-corrected chi connectivity index (χ1v) is 45.2. The number of phosphoric ester groups is 2. The maximum Gasteiger partial charge on any atom is 0.472 e. The van der Waals surface area contributed by atoms with Crippen LogP contribution in [0.1, 0.15) is 421 Å². The molecule has 0 bridgehead atoms. The number of carbonyl (C=O) groups is 4. The van der Waals surface area contributed by atoms with Crippen LogP contribution in [0.15, 0.2) is 0 Å². The second-order valence-corrected chi connectivity index (χ2v) is 34.1. The van der Waals surface area contributed by atoms with Crippen LogP contribution in [-0.4, -0.2) is 96.7 Å². The first kappa shape index (κ1) is 99.1. The number of unbranched alkanes of at least 4 members (excludes halogenated alkanes) is 44. The summed E-state index contributed by atoms with van der Waals surface area (Å²) >= 11 is 0. The van der Waals surface area contributed by atoms with E-state index in [-0.39, 0.29) is 25.7 Å². The Bertz CT molecular complexity index is 1970. The van der Waals surface area contributed by atoms with Crippen LogP contribution in [0.2, 0.25) is 0 Å². The lowest BCUT2D eigenvalue weighted by Crippen LogP contribution is -2.30.